The van der Waals surface area contributed by atoms with Gasteiger partial charge in [0.1, 0.15) is 29.5 Å². The van der Waals surface area contributed by atoms with Crippen LogP contribution >= 0.6 is 0 Å². The number of nitrogens with one attached hydrogen (secondary N) is 1. The van der Waals surface area contributed by atoms with Gasteiger partial charge >= 0.3 is 6.18 Å². The molecule has 0 radical (unpaired) electrons. The van der Waals surface area contributed by atoms with Gasteiger partial charge in [-0.1, -0.05) is 18.2 Å². The van der Waals surface area contributed by atoms with E-state index in [0.29, 0.717) is 16.0 Å². The first kappa shape index (κ1) is 33.7. The molecular formula is C34H30F7N3O3. The summed E-state index contributed by atoms with van der Waals surface area (Å²) < 4.78 is 107. The van der Waals surface area contributed by atoms with Crippen molar-refractivity contribution in [2.75, 3.05) is 19.6 Å². The first-order chi connectivity index (χ1) is 22.3. The summed E-state index contributed by atoms with van der Waals surface area (Å²) >= 11 is 0. The number of fused-ring (bicyclic) bond motifs is 6. The number of amides is 2. The molecule has 1 N–H and O–H groups in total. The van der Waals surface area contributed by atoms with Gasteiger partial charge in [0.2, 0.25) is 12.3 Å². The molecule has 248 valence electrons. The van der Waals surface area contributed by atoms with Crippen molar-refractivity contribution in [3.63, 3.8) is 0 Å². The topological polar surface area (TPSA) is 61.9 Å². The number of rotatable bonds is 7. The van der Waals surface area contributed by atoms with Gasteiger partial charge in [-0.3, -0.25) is 14.5 Å². The predicted octanol–water partition coefficient (Wildman–Crippen LogP) is 7.44. The first-order valence-electron chi connectivity index (χ1n) is 14.7. The Hall–Kier alpha value is -4.65. The van der Waals surface area contributed by atoms with E-state index in [9.17, 15) is 35.9 Å². The second kappa shape index (κ2) is 13.6. The summed E-state index contributed by atoms with van der Waals surface area (Å²) in [6.07, 6.45) is -4.58. The summed E-state index contributed by atoms with van der Waals surface area (Å²) in [5.74, 6) is -4.39. The highest BCUT2D eigenvalue weighted by Gasteiger charge is 2.37. The van der Waals surface area contributed by atoms with Crippen molar-refractivity contribution in [1.29, 1.82) is 0 Å². The Labute approximate surface area is 266 Å². The number of carbonyl (C=O) groups excluding carboxylic acids is 2. The average molecular weight is 662 g/mol. The van der Waals surface area contributed by atoms with E-state index in [4.69, 9.17) is 4.74 Å². The lowest BCUT2D eigenvalue weighted by molar-refractivity contribution is -0.131. The van der Waals surface area contributed by atoms with Crippen LogP contribution in [-0.2, 0) is 16.1 Å². The number of hydrogen-bond acceptors (Lipinski definition) is 4. The zero-order valence-electron chi connectivity index (χ0n) is 25.3. The van der Waals surface area contributed by atoms with Crippen LogP contribution in [-0.4, -0.2) is 54.1 Å². The third kappa shape index (κ3) is 7.19. The summed E-state index contributed by atoms with van der Waals surface area (Å²) in [7, 11) is 0. The number of aryl methyl sites for hydroxylation is 1. The van der Waals surface area contributed by atoms with Crippen LogP contribution in [0.3, 0.4) is 0 Å². The van der Waals surface area contributed by atoms with Crippen LogP contribution in [0.2, 0.25) is 0 Å². The van der Waals surface area contributed by atoms with Crippen LogP contribution in [0.1, 0.15) is 36.1 Å². The number of ether oxygens (including phenoxy) is 1. The minimum Gasteiger partial charge on any atom is -0.457 e. The zero-order valence-corrected chi connectivity index (χ0v) is 25.3. The number of carbonyl (C=O) groups is 2. The van der Waals surface area contributed by atoms with Crippen molar-refractivity contribution in [2.24, 2.45) is 0 Å². The quantitative estimate of drug-likeness (QED) is 0.163. The minimum atomic E-state index is -4.86. The van der Waals surface area contributed by atoms with Gasteiger partial charge < -0.3 is 15.0 Å². The van der Waals surface area contributed by atoms with Crippen molar-refractivity contribution in [3.05, 3.63) is 106 Å². The third-order valence-corrected chi connectivity index (χ3v) is 8.09. The molecule has 2 aliphatic rings. The van der Waals surface area contributed by atoms with Crippen LogP contribution in [0.5, 0.6) is 11.5 Å². The fourth-order valence-electron chi connectivity index (χ4n) is 5.77. The second-order valence-corrected chi connectivity index (χ2v) is 11.3. The third-order valence-electron chi connectivity index (χ3n) is 8.09. The maximum atomic E-state index is 15.5. The van der Waals surface area contributed by atoms with Gasteiger partial charge in [-0.15, -0.1) is 0 Å². The molecular weight excluding hydrogens is 631 g/mol. The smallest absolute Gasteiger partial charge is 0.416 e. The number of halogens is 7. The summed E-state index contributed by atoms with van der Waals surface area (Å²) in [5.41, 5.74) is -0.979. The lowest BCUT2D eigenvalue weighted by atomic mass is 9.97. The largest absolute Gasteiger partial charge is 0.457 e. The fraction of sp³-hybridized carbons (Fsp3) is 0.294. The molecule has 2 heterocycles. The van der Waals surface area contributed by atoms with Gasteiger partial charge in [0.15, 0.2) is 11.6 Å². The monoisotopic (exact) mass is 661 g/mol. The van der Waals surface area contributed by atoms with Crippen molar-refractivity contribution < 1.29 is 45.1 Å². The van der Waals surface area contributed by atoms with Crippen LogP contribution in [0.15, 0.2) is 72.0 Å². The number of allylic oxidation sites excluding steroid dienone is 2. The van der Waals surface area contributed by atoms with E-state index in [-0.39, 0.29) is 55.1 Å². The molecule has 1 fully saturated rings. The highest BCUT2D eigenvalue weighted by atomic mass is 19.4. The van der Waals surface area contributed by atoms with Gasteiger partial charge in [0, 0.05) is 49.1 Å². The van der Waals surface area contributed by atoms with Crippen LogP contribution < -0.4 is 10.1 Å². The van der Waals surface area contributed by atoms with Crippen LogP contribution in [0.4, 0.5) is 30.7 Å². The Morgan fingerprint density at radius 2 is 1.83 bits per heavy atom. The molecule has 6 nitrogen and oxygen atoms in total. The number of nitrogens with zero attached hydrogens (tertiary/aromatic N) is 2. The zero-order chi connectivity index (χ0) is 34.0. The minimum absolute atomic E-state index is 0.00819. The molecule has 3 aromatic carbocycles. The van der Waals surface area contributed by atoms with Gasteiger partial charge in [-0.2, -0.15) is 13.2 Å². The fourth-order valence-corrected chi connectivity index (χ4v) is 5.77. The molecule has 47 heavy (non-hydrogen) atoms. The summed E-state index contributed by atoms with van der Waals surface area (Å²) in [6.45, 7) is 2.34. The highest BCUT2D eigenvalue weighted by molar-refractivity contribution is 5.86. The molecule has 2 amide bonds. The Balaban J connectivity index is 1.65. The molecule has 3 aromatic rings. The lowest BCUT2D eigenvalue weighted by Crippen LogP contribution is -2.48. The Morgan fingerprint density at radius 3 is 2.49 bits per heavy atom. The van der Waals surface area contributed by atoms with Gasteiger partial charge in [-0.05, 0) is 73.4 Å². The van der Waals surface area contributed by atoms with Gasteiger partial charge in [-0.25, -0.2) is 17.6 Å². The Bertz CT molecular complexity index is 1750. The van der Waals surface area contributed by atoms with Gasteiger partial charge in [0.05, 0.1) is 5.57 Å². The molecule has 1 saturated heterocycles. The van der Waals surface area contributed by atoms with Crippen LogP contribution in [0, 0.1) is 24.4 Å². The maximum absolute atomic E-state index is 15.5. The van der Waals surface area contributed by atoms with Gasteiger partial charge in [0.25, 0.3) is 0 Å². The van der Waals surface area contributed by atoms with E-state index in [1.165, 1.54) is 12.1 Å². The Kier molecular flexibility index (Phi) is 9.76. The predicted molar refractivity (Wildman–Crippen MR) is 159 cm³/mol. The van der Waals surface area contributed by atoms with Crippen molar-refractivity contribution in [1.82, 2.24) is 15.1 Å². The second-order valence-electron chi connectivity index (χ2n) is 11.3. The molecule has 1 unspecified atom stereocenters. The van der Waals surface area contributed by atoms with E-state index in [1.54, 1.807) is 30.0 Å². The Morgan fingerprint density at radius 1 is 1.09 bits per heavy atom. The molecule has 0 spiro atoms. The normalized spacial score (nSPS) is 17.7. The molecule has 2 aliphatic heterocycles. The molecule has 0 aliphatic carbocycles. The molecule has 4 bridgehead atoms. The standard InChI is InChI=1S/C34H30F7N3O3/c1-3-26(34(39,40)41)20(9-10-43-16-23(35)17-43)15-44(18-45)32-25-13-24(7-8-27(25)36)47-29-6-4-5-19(2)30(29)21-11-22(14-42-33(32)46)31(38)28(37)12-21/h3-8,11-13,15,18,23,32H,9-10,14,16-17H2,1-2H3,(H,42,46)/b20-15-,26-3+. The van der Waals surface area contributed by atoms with Crippen LogP contribution in [0.25, 0.3) is 11.1 Å². The van der Waals surface area contributed by atoms with E-state index < -0.39 is 65.0 Å². The number of hydrogen-bond donors (Lipinski definition) is 1. The molecule has 0 saturated carbocycles. The number of alkyl halides is 4. The first-order valence-corrected chi connectivity index (χ1v) is 14.7. The molecule has 1 atom stereocenters. The number of likely N-dealkylation sites (tertiary alicyclic amines) is 1. The van der Waals surface area contributed by atoms with E-state index in [0.717, 1.165) is 37.4 Å². The summed E-state index contributed by atoms with van der Waals surface area (Å²) in [4.78, 5) is 28.5. The SMILES string of the molecule is C/C=C(\C(=C/N(C=O)C1C(=O)NCc2cc(cc(F)c2F)-c2c(C)cccc2Oc2ccc(F)c1c2)CCN1CC(F)C1)C(F)(F)F. The average Bonchev–Trinajstić information content (AvgIpc) is 3.00. The molecule has 0 aromatic heterocycles. The number of benzene rings is 3. The molecule has 5 rings (SSSR count). The summed E-state index contributed by atoms with van der Waals surface area (Å²) in [5, 5.41) is 2.39. The molecule has 13 heteroatoms. The van der Waals surface area contributed by atoms with Crippen molar-refractivity contribution in [2.45, 2.75) is 45.2 Å². The van der Waals surface area contributed by atoms with Crippen molar-refractivity contribution in [3.8, 4) is 22.6 Å². The lowest BCUT2D eigenvalue weighted by Gasteiger charge is -2.35. The van der Waals surface area contributed by atoms with E-state index in [2.05, 4.69) is 5.32 Å². The van der Waals surface area contributed by atoms with E-state index >= 15 is 4.39 Å². The highest BCUT2D eigenvalue weighted by Crippen LogP contribution is 2.40. The summed E-state index contributed by atoms with van der Waals surface area (Å²) in [6, 6.07) is 8.65. The van der Waals surface area contributed by atoms with Crippen molar-refractivity contribution >= 4 is 12.3 Å². The maximum Gasteiger partial charge on any atom is 0.416 e. The van der Waals surface area contributed by atoms with E-state index in [1.807, 2.05) is 0 Å².